The van der Waals surface area contributed by atoms with Gasteiger partial charge < -0.3 is 29.7 Å². The molecule has 1 saturated carbocycles. The number of aliphatic imine (C=N–C) groups is 1. The van der Waals surface area contributed by atoms with Crippen LogP contribution in [-0.2, 0) is 16.0 Å². The van der Waals surface area contributed by atoms with Crippen LogP contribution in [0.4, 0.5) is 5.69 Å². The van der Waals surface area contributed by atoms with E-state index in [-0.39, 0.29) is 25.5 Å². The lowest BCUT2D eigenvalue weighted by atomic mass is 9.80. The van der Waals surface area contributed by atoms with E-state index in [0.717, 1.165) is 19.3 Å². The van der Waals surface area contributed by atoms with Crippen LogP contribution in [0, 0.1) is 0 Å². The molecule has 0 spiro atoms. The van der Waals surface area contributed by atoms with Gasteiger partial charge in [0, 0.05) is 42.2 Å². The number of azide groups is 1. The summed E-state index contributed by atoms with van der Waals surface area (Å²) in [5.74, 6) is 1.07. The van der Waals surface area contributed by atoms with E-state index in [2.05, 4.69) is 15.3 Å². The minimum atomic E-state index is -1.54. The number of nitrogens with zero attached hydrogens (tertiary/aromatic N) is 4. The maximum Gasteiger partial charge on any atom is 0.252 e. The minimum Gasteiger partial charge on any atom is -0.497 e. The van der Waals surface area contributed by atoms with Crippen LogP contribution >= 0.6 is 0 Å². The zero-order valence-electron chi connectivity index (χ0n) is 25.4. The molecule has 45 heavy (non-hydrogen) atoms. The molecule has 0 unspecified atom stereocenters. The molecule has 0 aromatic heterocycles. The minimum absolute atomic E-state index is 0.0404. The highest BCUT2D eigenvalue weighted by Crippen LogP contribution is 2.44. The van der Waals surface area contributed by atoms with E-state index in [1.807, 2.05) is 48.5 Å². The fraction of sp³-hybridized carbons (Fsp3) is 0.412. The van der Waals surface area contributed by atoms with Crippen molar-refractivity contribution in [3.05, 3.63) is 99.9 Å². The molecular weight excluding hydrogens is 574 g/mol. The van der Waals surface area contributed by atoms with Crippen molar-refractivity contribution in [3.8, 4) is 11.5 Å². The average Bonchev–Trinajstić information content (AvgIpc) is 3.46. The molecule has 0 bridgehead atoms. The predicted octanol–water partition coefficient (Wildman–Crippen LogP) is 5.71. The summed E-state index contributed by atoms with van der Waals surface area (Å²) in [4.78, 5) is 22.6. The molecule has 1 aliphatic carbocycles. The molecule has 11 nitrogen and oxygen atoms in total. The van der Waals surface area contributed by atoms with Crippen molar-refractivity contribution >= 4 is 17.5 Å². The SMILES string of the molecule is COc1cccc([C@H]2OC(c3ccc(OCCCO)cc3)=N[C@@]2(Cc2ccccc2N=[N+]=[N-])C(=O)NCC2(O)CCCCC2)c1. The molecule has 5 rings (SSSR count). The highest BCUT2D eigenvalue weighted by Gasteiger charge is 2.54. The summed E-state index contributed by atoms with van der Waals surface area (Å²) in [6.45, 7) is 0.505. The molecule has 3 aromatic carbocycles. The van der Waals surface area contributed by atoms with Crippen LogP contribution < -0.4 is 14.8 Å². The lowest BCUT2D eigenvalue weighted by Gasteiger charge is -2.35. The number of benzene rings is 3. The number of carbonyl (C=O) groups excluding carboxylic acids is 1. The molecule has 236 valence electrons. The van der Waals surface area contributed by atoms with Crippen molar-refractivity contribution in [2.75, 3.05) is 26.9 Å². The van der Waals surface area contributed by atoms with Crippen molar-refractivity contribution in [1.82, 2.24) is 5.32 Å². The average molecular weight is 614 g/mol. The van der Waals surface area contributed by atoms with Crippen LogP contribution in [-0.4, -0.2) is 60.0 Å². The van der Waals surface area contributed by atoms with Crippen LogP contribution in [0.5, 0.6) is 11.5 Å². The summed E-state index contributed by atoms with van der Waals surface area (Å²) in [5, 5.41) is 27.2. The smallest absolute Gasteiger partial charge is 0.252 e. The van der Waals surface area contributed by atoms with Crippen LogP contribution in [0.15, 0.2) is 82.9 Å². The Hall–Kier alpha value is -4.57. The summed E-state index contributed by atoms with van der Waals surface area (Å²) in [5.41, 5.74) is 9.05. The molecule has 1 aliphatic heterocycles. The summed E-state index contributed by atoms with van der Waals surface area (Å²) in [6, 6.07) is 21.6. The summed E-state index contributed by atoms with van der Waals surface area (Å²) in [6.07, 6.45) is 3.76. The van der Waals surface area contributed by atoms with E-state index in [1.54, 1.807) is 31.4 Å². The number of hydrogen-bond donors (Lipinski definition) is 3. The largest absolute Gasteiger partial charge is 0.497 e. The number of aliphatic hydroxyl groups is 2. The third kappa shape index (κ3) is 7.39. The predicted molar refractivity (Wildman–Crippen MR) is 170 cm³/mol. The maximum absolute atomic E-state index is 14.6. The summed E-state index contributed by atoms with van der Waals surface area (Å²) < 4.78 is 17.8. The van der Waals surface area contributed by atoms with Gasteiger partial charge in [0.1, 0.15) is 11.5 Å². The fourth-order valence-corrected chi connectivity index (χ4v) is 5.97. The van der Waals surface area contributed by atoms with Crippen molar-refractivity contribution in [3.63, 3.8) is 0 Å². The number of ether oxygens (including phenoxy) is 3. The number of nitrogens with one attached hydrogen (secondary N) is 1. The highest BCUT2D eigenvalue weighted by molar-refractivity contribution is 6.01. The molecule has 3 aromatic rings. The molecule has 1 heterocycles. The molecule has 1 fully saturated rings. The van der Waals surface area contributed by atoms with Crippen molar-refractivity contribution < 1.29 is 29.2 Å². The Morgan fingerprint density at radius 2 is 1.87 bits per heavy atom. The monoisotopic (exact) mass is 613 g/mol. The van der Waals surface area contributed by atoms with E-state index in [0.29, 0.717) is 59.7 Å². The van der Waals surface area contributed by atoms with Crippen LogP contribution in [0.1, 0.15) is 61.3 Å². The van der Waals surface area contributed by atoms with Gasteiger partial charge in [0.05, 0.1) is 19.3 Å². The third-order valence-corrected chi connectivity index (χ3v) is 8.39. The van der Waals surface area contributed by atoms with E-state index in [4.69, 9.17) is 24.3 Å². The third-order valence-electron chi connectivity index (χ3n) is 8.39. The Kier molecular flexibility index (Phi) is 10.2. The molecular formula is C34H39N5O6. The zero-order valence-corrected chi connectivity index (χ0v) is 25.4. The number of rotatable bonds is 13. The van der Waals surface area contributed by atoms with Gasteiger partial charge in [-0.25, -0.2) is 4.99 Å². The van der Waals surface area contributed by atoms with Crippen LogP contribution in [0.25, 0.3) is 10.4 Å². The van der Waals surface area contributed by atoms with E-state index in [9.17, 15) is 15.4 Å². The number of methoxy groups -OCH3 is 1. The normalized spacial score (nSPS) is 20.3. The number of amides is 1. The first-order chi connectivity index (χ1) is 21.9. The van der Waals surface area contributed by atoms with Gasteiger partial charge in [-0.1, -0.05) is 60.8 Å². The molecule has 2 atom stereocenters. The van der Waals surface area contributed by atoms with Gasteiger partial charge in [-0.2, -0.15) is 0 Å². The van der Waals surface area contributed by atoms with Crippen molar-refractivity contribution in [1.29, 1.82) is 0 Å². The molecule has 0 saturated heterocycles. The Bertz CT molecular complexity index is 1550. The molecule has 3 N–H and O–H groups in total. The second-order valence-electron chi connectivity index (χ2n) is 11.5. The Morgan fingerprint density at radius 1 is 1.09 bits per heavy atom. The summed E-state index contributed by atoms with van der Waals surface area (Å²) in [7, 11) is 1.57. The first-order valence-electron chi connectivity index (χ1n) is 15.3. The Balaban J connectivity index is 1.59. The second kappa shape index (κ2) is 14.5. The van der Waals surface area contributed by atoms with Gasteiger partial charge in [0.2, 0.25) is 5.90 Å². The van der Waals surface area contributed by atoms with Gasteiger partial charge in [-0.05, 0) is 65.9 Å². The number of carbonyl (C=O) groups is 1. The van der Waals surface area contributed by atoms with Gasteiger partial charge in [0.15, 0.2) is 11.6 Å². The van der Waals surface area contributed by atoms with Crippen LogP contribution in [0.3, 0.4) is 0 Å². The van der Waals surface area contributed by atoms with Gasteiger partial charge in [0.25, 0.3) is 5.91 Å². The molecule has 0 radical (unpaired) electrons. The Morgan fingerprint density at radius 3 is 2.60 bits per heavy atom. The topological polar surface area (TPSA) is 158 Å². The van der Waals surface area contributed by atoms with E-state index < -0.39 is 23.2 Å². The van der Waals surface area contributed by atoms with Crippen molar-refractivity contribution in [2.45, 2.75) is 62.2 Å². The lowest BCUT2D eigenvalue weighted by Crippen LogP contribution is -2.54. The Labute approximate surface area is 262 Å². The standard InChI is InChI=1S/C34H39N5O6/c1-43-28-11-7-10-25(21-28)30-34(22-26-9-3-4-12-29(26)38-39-35,32(41)36-23-33(42)17-5-2-6-18-33)37-31(45-30)24-13-15-27(16-14-24)44-20-8-19-40/h3-4,7,9-16,21,30,40,42H,2,5-6,8,17-20,22-23H2,1H3,(H,36,41)/t30-,34-/m1/s1. The zero-order chi connectivity index (χ0) is 31.7. The first kappa shape index (κ1) is 31.8. The van der Waals surface area contributed by atoms with Gasteiger partial charge in [-0.3, -0.25) is 4.79 Å². The summed E-state index contributed by atoms with van der Waals surface area (Å²) >= 11 is 0. The highest BCUT2D eigenvalue weighted by atomic mass is 16.5. The van der Waals surface area contributed by atoms with Gasteiger partial charge >= 0.3 is 0 Å². The van der Waals surface area contributed by atoms with E-state index in [1.165, 1.54) is 0 Å². The maximum atomic E-state index is 14.6. The number of hydrogen-bond acceptors (Lipinski definition) is 8. The van der Waals surface area contributed by atoms with Crippen molar-refractivity contribution in [2.24, 2.45) is 10.1 Å². The lowest BCUT2D eigenvalue weighted by molar-refractivity contribution is -0.130. The van der Waals surface area contributed by atoms with E-state index >= 15 is 0 Å². The van der Waals surface area contributed by atoms with Crippen LogP contribution in [0.2, 0.25) is 0 Å². The first-order valence-corrected chi connectivity index (χ1v) is 15.3. The molecule has 2 aliphatic rings. The molecule has 1 amide bonds. The van der Waals surface area contributed by atoms with Gasteiger partial charge in [-0.15, -0.1) is 0 Å². The molecule has 11 heteroatoms. The number of aliphatic hydroxyl groups excluding tert-OH is 1. The second-order valence-corrected chi connectivity index (χ2v) is 11.5. The quantitative estimate of drug-likeness (QED) is 0.0970. The fourth-order valence-electron chi connectivity index (χ4n) is 5.97.